The molecule has 0 aromatic carbocycles. The molecule has 0 aliphatic rings. The summed E-state index contributed by atoms with van der Waals surface area (Å²) in [4.78, 5) is 0. The van der Waals surface area contributed by atoms with Crippen LogP contribution in [-0.4, -0.2) is 23.9 Å². The van der Waals surface area contributed by atoms with Crippen LogP contribution in [0.2, 0.25) is 0 Å². The molecule has 0 aliphatic heterocycles. The summed E-state index contributed by atoms with van der Waals surface area (Å²) < 4.78 is 0. The average Bonchev–Trinajstić information content (AvgIpc) is 1.00. The molecule has 0 aliphatic carbocycles. The van der Waals surface area contributed by atoms with Crippen molar-refractivity contribution in [2.45, 2.75) is 0 Å². The fourth-order valence-corrected chi connectivity index (χ4v) is 0. The van der Waals surface area contributed by atoms with Crippen LogP contribution in [0.3, 0.4) is 0 Å². The second kappa shape index (κ2) is 30.0. The molecule has 0 heterocycles. The molecular formula is H8B3Na. The van der Waals surface area contributed by atoms with Crippen molar-refractivity contribution in [2.24, 2.45) is 0 Å². The molecule has 0 nitrogen and oxygen atoms in total. The molecule has 0 saturated heterocycles. The van der Waals surface area contributed by atoms with Gasteiger partial charge in [-0.2, -0.15) is 0 Å². The van der Waals surface area contributed by atoms with E-state index in [9.17, 15) is 0 Å². The zero-order valence-electron chi connectivity index (χ0n) is 3.00. The van der Waals surface area contributed by atoms with Crippen LogP contribution in [0.1, 0.15) is 0 Å². The van der Waals surface area contributed by atoms with Gasteiger partial charge in [0, 0.05) is 0 Å². The smallest absolute Gasteiger partial charge is 0.0626 e. The summed E-state index contributed by atoms with van der Waals surface area (Å²) in [6.45, 7) is 0. The molecule has 0 saturated carbocycles. The summed E-state index contributed by atoms with van der Waals surface area (Å²) >= 11 is 0. The standard InChI is InChI=1S/B2H4.BH4.Na/c1-2;;/h1-2H2;1H4;/q;-1;+1. The molecule has 0 amide bonds. The molecular weight excluding hydrogens is 55.4 g/mol. The zero-order valence-corrected chi connectivity index (χ0v) is 5.00. The van der Waals surface area contributed by atoms with Gasteiger partial charge in [-0.15, -0.1) is 0 Å². The van der Waals surface area contributed by atoms with Gasteiger partial charge in [0.05, 0.1) is 15.5 Å². The van der Waals surface area contributed by atoms with Gasteiger partial charge in [-0.1, -0.05) is 8.41 Å². The molecule has 0 atom stereocenters. The topological polar surface area (TPSA) is 0 Å². The second-order valence-electron chi connectivity index (χ2n) is 0. The van der Waals surface area contributed by atoms with Crippen LogP contribution < -0.4 is 29.6 Å². The monoisotopic (exact) mass is 64.1 g/mol. The molecule has 0 fully saturated rings. The Hall–Kier alpha value is 1.19. The normalized spacial score (nSPS) is 1.00. The summed E-state index contributed by atoms with van der Waals surface area (Å²) in [6.07, 6.45) is 0. The third-order valence-corrected chi connectivity index (χ3v) is 0. The van der Waals surface area contributed by atoms with Gasteiger partial charge in [0.2, 0.25) is 0 Å². The Morgan fingerprint density at radius 1 is 1.00 bits per heavy atom. The van der Waals surface area contributed by atoms with E-state index in [1.165, 1.54) is 0 Å². The maximum Gasteiger partial charge on any atom is 1.00 e. The summed E-state index contributed by atoms with van der Waals surface area (Å²) in [6, 6.07) is 0. The van der Waals surface area contributed by atoms with Gasteiger partial charge >= 0.3 is 29.6 Å². The summed E-state index contributed by atoms with van der Waals surface area (Å²) in [5, 5.41) is 0. The summed E-state index contributed by atoms with van der Waals surface area (Å²) in [5.74, 6) is 0. The van der Waals surface area contributed by atoms with Gasteiger partial charge in [0.25, 0.3) is 0 Å². The number of hydrogen-bond donors (Lipinski definition) is 0. The minimum Gasteiger partial charge on any atom is -0.0626 e. The van der Waals surface area contributed by atoms with Crippen molar-refractivity contribution in [3.8, 4) is 0 Å². The summed E-state index contributed by atoms with van der Waals surface area (Å²) in [7, 11) is 4.00. The van der Waals surface area contributed by atoms with Crippen LogP contribution in [0, 0.1) is 0 Å². The number of rotatable bonds is 0. The molecule has 0 aromatic rings. The van der Waals surface area contributed by atoms with Gasteiger partial charge in [-0.3, -0.25) is 0 Å². The van der Waals surface area contributed by atoms with Crippen LogP contribution in [0.5, 0.6) is 0 Å². The number of hydrogen-bond acceptors (Lipinski definition) is 0. The molecule has 0 N–H and O–H groups in total. The molecule has 18 valence electrons. The van der Waals surface area contributed by atoms with Crippen molar-refractivity contribution in [3.63, 3.8) is 0 Å². The van der Waals surface area contributed by atoms with E-state index in [4.69, 9.17) is 0 Å². The maximum atomic E-state index is 2.00. The fourth-order valence-electron chi connectivity index (χ4n) is 0. The van der Waals surface area contributed by atoms with E-state index >= 15 is 0 Å². The van der Waals surface area contributed by atoms with E-state index in [-0.39, 0.29) is 38.0 Å². The van der Waals surface area contributed by atoms with Crippen molar-refractivity contribution in [1.82, 2.24) is 0 Å². The van der Waals surface area contributed by atoms with E-state index in [0.29, 0.717) is 0 Å². The molecule has 4 heteroatoms. The Kier molecular flexibility index (Phi) is 142. The predicted molar refractivity (Wildman–Crippen MR) is 28.4 cm³/mol. The zero-order chi connectivity index (χ0) is 2.00. The molecule has 0 rings (SSSR count). The molecule has 4 heavy (non-hydrogen) atoms. The van der Waals surface area contributed by atoms with E-state index < -0.39 is 0 Å². The SMILES string of the molecule is BB.[BH4-].[Na+]. The molecule has 0 spiro atoms. The van der Waals surface area contributed by atoms with Crippen LogP contribution in [0.4, 0.5) is 0 Å². The van der Waals surface area contributed by atoms with Crippen LogP contribution in [0.15, 0.2) is 0 Å². The first-order valence-corrected chi connectivity index (χ1v) is 1.00. The van der Waals surface area contributed by atoms with Crippen molar-refractivity contribution in [3.05, 3.63) is 0 Å². The van der Waals surface area contributed by atoms with Gasteiger partial charge in [-0.25, -0.2) is 0 Å². The minimum absolute atomic E-state index is 0. The maximum absolute atomic E-state index is 2.00. The van der Waals surface area contributed by atoms with Gasteiger partial charge in [0.15, 0.2) is 0 Å². The largest absolute Gasteiger partial charge is 1.00 e. The molecule has 0 radical (unpaired) electrons. The average molecular weight is 63.5 g/mol. The first kappa shape index (κ1) is 19.0. The van der Waals surface area contributed by atoms with Crippen LogP contribution in [-0.2, 0) is 0 Å². The fraction of sp³-hybridized carbons (Fsp3) is 0. The van der Waals surface area contributed by atoms with Gasteiger partial charge in [0.1, 0.15) is 0 Å². The first-order valence-electron chi connectivity index (χ1n) is 1.00. The van der Waals surface area contributed by atoms with Gasteiger partial charge in [-0.05, 0) is 0 Å². The van der Waals surface area contributed by atoms with Crippen molar-refractivity contribution in [1.29, 1.82) is 0 Å². The van der Waals surface area contributed by atoms with Crippen molar-refractivity contribution < 1.29 is 29.6 Å². The molecule has 0 bridgehead atoms. The van der Waals surface area contributed by atoms with Crippen LogP contribution >= 0.6 is 0 Å². The minimum atomic E-state index is 0. The Balaban J connectivity index is -0.00000000500. The Morgan fingerprint density at radius 2 is 1.00 bits per heavy atom. The third kappa shape index (κ3) is 10.8. The van der Waals surface area contributed by atoms with Gasteiger partial charge < -0.3 is 0 Å². The molecule has 0 aromatic heterocycles. The quantitative estimate of drug-likeness (QED) is 0.246. The van der Waals surface area contributed by atoms with Crippen molar-refractivity contribution in [2.75, 3.05) is 0 Å². The Morgan fingerprint density at radius 3 is 1.00 bits per heavy atom. The van der Waals surface area contributed by atoms with E-state index in [1.807, 2.05) is 15.5 Å². The van der Waals surface area contributed by atoms with E-state index in [2.05, 4.69) is 0 Å². The van der Waals surface area contributed by atoms with Crippen LogP contribution in [0.25, 0.3) is 0 Å². The Bertz CT molecular complexity index is 3.25. The van der Waals surface area contributed by atoms with E-state index in [0.717, 1.165) is 0 Å². The predicted octanol–water partition coefficient (Wildman–Crippen LogP) is -6.28. The third-order valence-electron chi connectivity index (χ3n) is 0. The molecule has 0 unspecified atom stereocenters. The Labute approximate surface area is 53.4 Å². The van der Waals surface area contributed by atoms with E-state index in [1.54, 1.807) is 0 Å². The summed E-state index contributed by atoms with van der Waals surface area (Å²) in [5.41, 5.74) is 0. The first-order chi connectivity index (χ1) is 1.00. The second-order valence-corrected chi connectivity index (χ2v) is 0. The van der Waals surface area contributed by atoms with Crippen molar-refractivity contribution >= 4 is 23.9 Å².